The Morgan fingerprint density at radius 2 is 1.46 bits per heavy atom. The lowest BCUT2D eigenvalue weighted by molar-refractivity contribution is -0.659. The smallest absolute Gasteiger partial charge is 0.216 e. The maximum atomic E-state index is 6.70. The van der Waals surface area contributed by atoms with Gasteiger partial charge in [-0.3, -0.25) is 4.98 Å². The molecule has 3 aromatic carbocycles. The molecule has 3 heterocycles. The number of benzene rings is 3. The second-order valence-electron chi connectivity index (χ2n) is 13.0. The number of nitrogens with zero attached hydrogens (tertiary/aromatic N) is 2. The summed E-state index contributed by atoms with van der Waals surface area (Å²) in [6.45, 7) is 15.6. The molecule has 0 aliphatic rings. The first-order valence-corrected chi connectivity index (χ1v) is 13.8. The Morgan fingerprint density at radius 1 is 0.744 bits per heavy atom. The van der Waals surface area contributed by atoms with Gasteiger partial charge in [0.05, 0.1) is 11.3 Å². The van der Waals surface area contributed by atoms with E-state index in [1.165, 1.54) is 21.9 Å². The Morgan fingerprint density at radius 3 is 2.18 bits per heavy atom. The molecule has 3 aromatic heterocycles. The van der Waals surface area contributed by atoms with Crippen LogP contribution in [0.1, 0.15) is 58.4 Å². The van der Waals surface area contributed by atoms with Crippen molar-refractivity contribution in [1.29, 1.82) is 0 Å². The summed E-state index contributed by atoms with van der Waals surface area (Å²) >= 11 is 0. The molecule has 0 saturated carbocycles. The van der Waals surface area contributed by atoms with Gasteiger partial charge in [0.1, 0.15) is 18.2 Å². The molecule has 0 aliphatic heterocycles. The summed E-state index contributed by atoms with van der Waals surface area (Å²) in [4.78, 5) is 5.12. The van der Waals surface area contributed by atoms with Crippen LogP contribution in [-0.4, -0.2) is 4.98 Å². The van der Waals surface area contributed by atoms with E-state index in [9.17, 15) is 0 Å². The van der Waals surface area contributed by atoms with Crippen molar-refractivity contribution in [2.24, 2.45) is 7.05 Å². The summed E-state index contributed by atoms with van der Waals surface area (Å²) in [5, 5.41) is 4.71. The molecule has 39 heavy (non-hydrogen) atoms. The van der Waals surface area contributed by atoms with E-state index >= 15 is 0 Å². The molecule has 0 bridgehead atoms. The van der Waals surface area contributed by atoms with E-state index < -0.39 is 0 Å². The number of rotatable bonds is 2. The van der Waals surface area contributed by atoms with Crippen molar-refractivity contribution in [3.8, 4) is 22.5 Å². The molecule has 0 unspecified atom stereocenters. The molecule has 196 valence electrons. The fourth-order valence-corrected chi connectivity index (χ4v) is 5.45. The third kappa shape index (κ3) is 4.40. The van der Waals surface area contributed by atoms with E-state index in [4.69, 9.17) is 9.40 Å². The van der Waals surface area contributed by atoms with Gasteiger partial charge < -0.3 is 4.42 Å². The number of aryl methyl sites for hydroxylation is 2. The summed E-state index contributed by atoms with van der Waals surface area (Å²) in [6.07, 6.45) is 2.20. The lowest BCUT2D eigenvalue weighted by Crippen LogP contribution is -2.30. The van der Waals surface area contributed by atoms with E-state index in [1.54, 1.807) is 0 Å². The number of aromatic nitrogens is 2. The molecule has 6 rings (SSSR count). The summed E-state index contributed by atoms with van der Waals surface area (Å²) in [5.41, 5.74) is 9.76. The highest BCUT2D eigenvalue weighted by molar-refractivity contribution is 6.10. The highest BCUT2D eigenvalue weighted by atomic mass is 16.3. The van der Waals surface area contributed by atoms with Crippen LogP contribution in [0, 0.1) is 6.92 Å². The van der Waals surface area contributed by atoms with Gasteiger partial charge in [-0.15, -0.1) is 0 Å². The Kier molecular flexibility index (Phi) is 5.69. The fourth-order valence-electron chi connectivity index (χ4n) is 5.45. The molecule has 0 N–H and O–H groups in total. The fraction of sp³-hybridized carbons (Fsp3) is 0.278. The highest BCUT2D eigenvalue weighted by Crippen LogP contribution is 2.39. The minimum Gasteiger partial charge on any atom is -0.455 e. The Bertz CT molecular complexity index is 1860. The zero-order valence-electron chi connectivity index (χ0n) is 24.3. The molecule has 0 fully saturated rings. The molecule has 0 spiro atoms. The predicted octanol–water partition coefficient (Wildman–Crippen LogP) is 9.20. The Balaban J connectivity index is 1.57. The van der Waals surface area contributed by atoms with E-state index in [0.29, 0.717) is 0 Å². The average Bonchev–Trinajstić information content (AvgIpc) is 3.25. The third-order valence-electron chi connectivity index (χ3n) is 7.86. The quantitative estimate of drug-likeness (QED) is 0.216. The van der Waals surface area contributed by atoms with Crippen LogP contribution in [-0.2, 0) is 17.9 Å². The van der Waals surface area contributed by atoms with E-state index in [-0.39, 0.29) is 10.8 Å². The first kappa shape index (κ1) is 25.3. The van der Waals surface area contributed by atoms with Gasteiger partial charge in [0.25, 0.3) is 0 Å². The van der Waals surface area contributed by atoms with Gasteiger partial charge in [0.2, 0.25) is 5.69 Å². The number of hydrogen-bond donors (Lipinski definition) is 0. The van der Waals surface area contributed by atoms with Crippen molar-refractivity contribution in [3.05, 3.63) is 95.8 Å². The molecule has 3 heteroatoms. The summed E-state index contributed by atoms with van der Waals surface area (Å²) < 4.78 is 8.91. The average molecular weight is 514 g/mol. The largest absolute Gasteiger partial charge is 0.455 e. The molecule has 6 aromatic rings. The molecule has 3 nitrogen and oxygen atoms in total. The van der Waals surface area contributed by atoms with Crippen molar-refractivity contribution < 1.29 is 8.98 Å². The van der Waals surface area contributed by atoms with Crippen molar-refractivity contribution in [2.45, 2.75) is 59.3 Å². The zero-order chi connectivity index (χ0) is 27.7. The van der Waals surface area contributed by atoms with Gasteiger partial charge in [-0.1, -0.05) is 77.9 Å². The van der Waals surface area contributed by atoms with Crippen LogP contribution in [0.15, 0.2) is 83.4 Å². The normalized spacial score (nSPS) is 12.6. The minimum absolute atomic E-state index is 0.0307. The molecule has 0 radical (unpaired) electrons. The van der Waals surface area contributed by atoms with Gasteiger partial charge >= 0.3 is 0 Å². The Labute approximate surface area is 231 Å². The summed E-state index contributed by atoms with van der Waals surface area (Å²) in [7, 11) is 2.11. The van der Waals surface area contributed by atoms with Gasteiger partial charge in [0, 0.05) is 38.9 Å². The van der Waals surface area contributed by atoms with Crippen molar-refractivity contribution >= 4 is 32.7 Å². The van der Waals surface area contributed by atoms with Gasteiger partial charge in [0.15, 0.2) is 6.20 Å². The van der Waals surface area contributed by atoms with Gasteiger partial charge in [-0.2, -0.15) is 0 Å². The molecule has 0 saturated heterocycles. The van der Waals surface area contributed by atoms with Crippen LogP contribution in [0.4, 0.5) is 0 Å². The number of pyridine rings is 2. The molecule has 0 aliphatic carbocycles. The van der Waals surface area contributed by atoms with Crippen LogP contribution >= 0.6 is 0 Å². The maximum Gasteiger partial charge on any atom is 0.216 e. The molecule has 0 atom stereocenters. The summed E-state index contributed by atoms with van der Waals surface area (Å²) in [6, 6.07) is 26.2. The second-order valence-corrected chi connectivity index (χ2v) is 13.0. The second kappa shape index (κ2) is 8.77. The lowest BCUT2D eigenvalue weighted by atomic mass is 9.82. The van der Waals surface area contributed by atoms with E-state index in [0.717, 1.165) is 50.1 Å². The van der Waals surface area contributed by atoms with Crippen molar-refractivity contribution in [2.75, 3.05) is 0 Å². The first-order valence-electron chi connectivity index (χ1n) is 13.8. The Hall–Kier alpha value is -3.98. The molecular weight excluding hydrogens is 476 g/mol. The van der Waals surface area contributed by atoms with Crippen LogP contribution in [0.5, 0.6) is 0 Å². The van der Waals surface area contributed by atoms with Crippen molar-refractivity contribution in [1.82, 2.24) is 4.98 Å². The number of fused-ring (bicyclic) bond motifs is 4. The van der Waals surface area contributed by atoms with Crippen LogP contribution in [0.25, 0.3) is 55.2 Å². The van der Waals surface area contributed by atoms with E-state index in [2.05, 4.69) is 139 Å². The topological polar surface area (TPSA) is 29.9 Å². The minimum atomic E-state index is -0.0404. The zero-order valence-corrected chi connectivity index (χ0v) is 24.3. The third-order valence-corrected chi connectivity index (χ3v) is 7.86. The lowest BCUT2D eigenvalue weighted by Gasteiger charge is -2.25. The van der Waals surface area contributed by atoms with Crippen molar-refractivity contribution in [3.63, 3.8) is 0 Å². The number of hydrogen-bond acceptors (Lipinski definition) is 2. The predicted molar refractivity (Wildman–Crippen MR) is 163 cm³/mol. The standard InChI is InChI=1S/C36H37N2O/c1-22-13-15-28-27-16-14-24(29-19-26(35(2,3)4)20-32(37-29)36(5,6)7)18-31(27)39-34(28)33(22)30-17-23-11-9-10-12-25(23)21-38(30)8/h9-21H,1-8H3/q+1. The molecular formula is C36H37N2O+. The van der Waals surface area contributed by atoms with Crippen LogP contribution in [0.2, 0.25) is 0 Å². The molecule has 0 amide bonds. The van der Waals surface area contributed by atoms with Gasteiger partial charge in [-0.25, -0.2) is 4.57 Å². The first-order chi connectivity index (χ1) is 18.4. The monoisotopic (exact) mass is 513 g/mol. The van der Waals surface area contributed by atoms with Gasteiger partial charge in [-0.05, 0) is 59.2 Å². The highest BCUT2D eigenvalue weighted by Gasteiger charge is 2.24. The number of furan rings is 1. The van der Waals surface area contributed by atoms with E-state index in [1.807, 2.05) is 0 Å². The van der Waals surface area contributed by atoms with Crippen LogP contribution in [0.3, 0.4) is 0 Å². The van der Waals surface area contributed by atoms with Crippen LogP contribution < -0.4 is 4.57 Å². The SMILES string of the molecule is Cc1ccc2c(oc3cc(-c4cc(C(C)(C)C)cc(C(C)(C)C)n4)ccc32)c1-c1cc2ccccc2c[n+]1C. The summed E-state index contributed by atoms with van der Waals surface area (Å²) in [5.74, 6) is 0. The maximum absolute atomic E-state index is 6.70.